The number of hydrogen-bond donors (Lipinski definition) is 1. The molecule has 1 aliphatic heterocycles. The van der Waals surface area contributed by atoms with Crippen molar-refractivity contribution >= 4 is 11.8 Å². The maximum absolute atomic E-state index is 12.1. The fraction of sp³-hybridized carbons (Fsp3) is 0.857. The molecule has 4 atom stereocenters. The van der Waals surface area contributed by atoms with Gasteiger partial charge in [-0.2, -0.15) is 0 Å². The van der Waals surface area contributed by atoms with Crippen LogP contribution >= 0.6 is 0 Å². The molecule has 3 rings (SSSR count). The van der Waals surface area contributed by atoms with Crippen molar-refractivity contribution in [1.82, 2.24) is 10.2 Å². The fourth-order valence-corrected chi connectivity index (χ4v) is 3.98. The maximum Gasteiger partial charge on any atom is 0.246 e. The number of likely N-dealkylation sites (tertiary alicyclic amines) is 1. The molecule has 1 heterocycles. The third-order valence-electron chi connectivity index (χ3n) is 4.84. The summed E-state index contributed by atoms with van der Waals surface area (Å²) < 4.78 is 0. The molecule has 1 N–H and O–H groups in total. The summed E-state index contributed by atoms with van der Waals surface area (Å²) in [5, 5.41) is 3.47. The van der Waals surface area contributed by atoms with E-state index >= 15 is 0 Å². The number of carbonyl (C=O) groups is 2. The molecule has 2 bridgehead atoms. The lowest BCUT2D eigenvalue weighted by molar-refractivity contribution is -0.138. The minimum atomic E-state index is -0.242. The SMILES string of the molecule is CCCN1C(=O)CC(NC2CC3CCC2C3)C1=O. The van der Waals surface area contributed by atoms with Crippen LogP contribution in [0.4, 0.5) is 0 Å². The molecule has 0 aromatic carbocycles. The second-order valence-corrected chi connectivity index (χ2v) is 6.09. The Morgan fingerprint density at radius 1 is 1.28 bits per heavy atom. The average molecular weight is 250 g/mol. The molecule has 1 saturated heterocycles. The highest BCUT2D eigenvalue weighted by Crippen LogP contribution is 2.44. The number of imide groups is 1. The smallest absolute Gasteiger partial charge is 0.246 e. The Balaban J connectivity index is 1.61. The number of fused-ring (bicyclic) bond motifs is 2. The van der Waals surface area contributed by atoms with Gasteiger partial charge in [0, 0.05) is 12.6 Å². The van der Waals surface area contributed by atoms with Crippen molar-refractivity contribution in [2.24, 2.45) is 11.8 Å². The summed E-state index contributed by atoms with van der Waals surface area (Å²) in [6.07, 6.45) is 6.41. The van der Waals surface area contributed by atoms with E-state index < -0.39 is 0 Å². The third kappa shape index (κ3) is 1.96. The molecule has 0 aromatic rings. The van der Waals surface area contributed by atoms with Crippen molar-refractivity contribution in [3.8, 4) is 0 Å². The molecular formula is C14H22N2O2. The molecule has 0 spiro atoms. The van der Waals surface area contributed by atoms with E-state index in [9.17, 15) is 9.59 Å². The molecule has 4 nitrogen and oxygen atoms in total. The number of hydrogen-bond acceptors (Lipinski definition) is 3. The number of rotatable bonds is 4. The summed E-state index contributed by atoms with van der Waals surface area (Å²) in [6, 6.07) is 0.237. The van der Waals surface area contributed by atoms with E-state index in [0.29, 0.717) is 19.0 Å². The Hall–Kier alpha value is -0.900. The van der Waals surface area contributed by atoms with Crippen LogP contribution in [0.3, 0.4) is 0 Å². The molecule has 3 fully saturated rings. The van der Waals surface area contributed by atoms with Crippen LogP contribution in [0.1, 0.15) is 45.4 Å². The highest BCUT2D eigenvalue weighted by atomic mass is 16.2. The van der Waals surface area contributed by atoms with E-state index in [-0.39, 0.29) is 17.9 Å². The van der Waals surface area contributed by atoms with Gasteiger partial charge < -0.3 is 5.32 Å². The zero-order valence-corrected chi connectivity index (χ0v) is 11.0. The van der Waals surface area contributed by atoms with Crippen LogP contribution in [0.5, 0.6) is 0 Å². The molecule has 3 aliphatic rings. The molecular weight excluding hydrogens is 228 g/mol. The van der Waals surface area contributed by atoms with Gasteiger partial charge in [0.15, 0.2) is 0 Å². The third-order valence-corrected chi connectivity index (χ3v) is 4.84. The quantitative estimate of drug-likeness (QED) is 0.765. The molecule has 2 aliphatic carbocycles. The first-order valence-corrected chi connectivity index (χ1v) is 7.29. The summed E-state index contributed by atoms with van der Waals surface area (Å²) in [6.45, 7) is 2.57. The lowest BCUT2D eigenvalue weighted by atomic mass is 9.94. The average Bonchev–Trinajstić information content (AvgIpc) is 3.01. The molecule has 18 heavy (non-hydrogen) atoms. The Morgan fingerprint density at radius 2 is 2.11 bits per heavy atom. The normalized spacial score (nSPS) is 39.1. The van der Waals surface area contributed by atoms with Gasteiger partial charge in [-0.1, -0.05) is 13.3 Å². The van der Waals surface area contributed by atoms with E-state index in [2.05, 4.69) is 5.32 Å². The van der Waals surface area contributed by atoms with Crippen LogP contribution in [0, 0.1) is 11.8 Å². The predicted molar refractivity (Wildman–Crippen MR) is 67.8 cm³/mol. The van der Waals surface area contributed by atoms with Crippen molar-refractivity contribution in [2.75, 3.05) is 6.54 Å². The Kier molecular flexibility index (Phi) is 3.14. The molecule has 0 radical (unpaired) electrons. The number of amides is 2. The minimum absolute atomic E-state index is 0.00232. The van der Waals surface area contributed by atoms with Crippen LogP contribution in [-0.4, -0.2) is 35.3 Å². The zero-order chi connectivity index (χ0) is 12.7. The van der Waals surface area contributed by atoms with Gasteiger partial charge in [0.2, 0.25) is 11.8 Å². The summed E-state index contributed by atoms with van der Waals surface area (Å²) >= 11 is 0. The summed E-state index contributed by atoms with van der Waals surface area (Å²) in [4.78, 5) is 25.4. The predicted octanol–water partition coefficient (Wildman–Crippen LogP) is 1.30. The Labute approximate surface area is 108 Å². The fourth-order valence-electron chi connectivity index (χ4n) is 3.98. The van der Waals surface area contributed by atoms with E-state index in [1.54, 1.807) is 0 Å². The zero-order valence-electron chi connectivity index (χ0n) is 11.0. The van der Waals surface area contributed by atoms with Crippen LogP contribution in [0.25, 0.3) is 0 Å². The molecule has 2 saturated carbocycles. The van der Waals surface area contributed by atoms with Crippen molar-refractivity contribution in [3.05, 3.63) is 0 Å². The van der Waals surface area contributed by atoms with Gasteiger partial charge in [-0.25, -0.2) is 0 Å². The molecule has 0 aromatic heterocycles. The van der Waals surface area contributed by atoms with E-state index in [1.165, 1.54) is 30.6 Å². The Bertz CT molecular complexity index is 369. The van der Waals surface area contributed by atoms with Gasteiger partial charge in [0.1, 0.15) is 0 Å². The van der Waals surface area contributed by atoms with Gasteiger partial charge in [0.05, 0.1) is 12.5 Å². The second-order valence-electron chi connectivity index (χ2n) is 6.09. The number of carbonyl (C=O) groups excluding carboxylic acids is 2. The first-order chi connectivity index (χ1) is 8.69. The first-order valence-electron chi connectivity index (χ1n) is 7.29. The van der Waals surface area contributed by atoms with Crippen LogP contribution in [-0.2, 0) is 9.59 Å². The highest BCUT2D eigenvalue weighted by Gasteiger charge is 2.44. The van der Waals surface area contributed by atoms with Gasteiger partial charge in [0.25, 0.3) is 0 Å². The largest absolute Gasteiger partial charge is 0.302 e. The molecule has 100 valence electrons. The van der Waals surface area contributed by atoms with Crippen LogP contribution in [0.15, 0.2) is 0 Å². The topological polar surface area (TPSA) is 49.4 Å². The monoisotopic (exact) mass is 250 g/mol. The van der Waals surface area contributed by atoms with Crippen molar-refractivity contribution in [2.45, 2.75) is 57.5 Å². The minimum Gasteiger partial charge on any atom is -0.302 e. The lowest BCUT2D eigenvalue weighted by Crippen LogP contribution is -2.45. The molecule has 2 amide bonds. The number of nitrogens with one attached hydrogen (secondary N) is 1. The maximum atomic E-state index is 12.1. The van der Waals surface area contributed by atoms with Gasteiger partial charge in [-0.05, 0) is 37.5 Å². The van der Waals surface area contributed by atoms with Gasteiger partial charge >= 0.3 is 0 Å². The van der Waals surface area contributed by atoms with Crippen LogP contribution < -0.4 is 5.32 Å². The summed E-state index contributed by atoms with van der Waals surface area (Å²) in [5.41, 5.74) is 0. The van der Waals surface area contributed by atoms with Gasteiger partial charge in [-0.3, -0.25) is 14.5 Å². The van der Waals surface area contributed by atoms with Crippen LogP contribution in [0.2, 0.25) is 0 Å². The Morgan fingerprint density at radius 3 is 2.72 bits per heavy atom. The standard InChI is InChI=1S/C14H22N2O2/c1-2-5-16-13(17)8-12(14(16)18)15-11-7-9-3-4-10(11)6-9/h9-12,15H,2-8H2,1H3. The van der Waals surface area contributed by atoms with E-state index in [4.69, 9.17) is 0 Å². The highest BCUT2D eigenvalue weighted by molar-refractivity contribution is 6.05. The first kappa shape index (κ1) is 12.2. The summed E-state index contributed by atoms with van der Waals surface area (Å²) in [7, 11) is 0. The molecule has 4 unspecified atom stereocenters. The van der Waals surface area contributed by atoms with Crippen molar-refractivity contribution in [1.29, 1.82) is 0 Å². The number of nitrogens with zero attached hydrogens (tertiary/aromatic N) is 1. The van der Waals surface area contributed by atoms with E-state index in [1.807, 2.05) is 6.92 Å². The van der Waals surface area contributed by atoms with Gasteiger partial charge in [-0.15, -0.1) is 0 Å². The lowest BCUT2D eigenvalue weighted by Gasteiger charge is -2.25. The molecule has 4 heteroatoms. The second kappa shape index (κ2) is 4.65. The van der Waals surface area contributed by atoms with Crippen molar-refractivity contribution in [3.63, 3.8) is 0 Å². The van der Waals surface area contributed by atoms with Crippen molar-refractivity contribution < 1.29 is 9.59 Å². The summed E-state index contributed by atoms with van der Waals surface area (Å²) in [5.74, 6) is 1.62. The van der Waals surface area contributed by atoms with E-state index in [0.717, 1.165) is 18.3 Å².